The van der Waals surface area contributed by atoms with Gasteiger partial charge in [-0.1, -0.05) is 18.6 Å². The fraction of sp³-hybridized carbons (Fsp3) is 0.417. The van der Waals surface area contributed by atoms with Crippen molar-refractivity contribution < 1.29 is 12.8 Å². The molecule has 1 aromatic rings. The van der Waals surface area contributed by atoms with Crippen LogP contribution in [-0.2, 0) is 10.0 Å². The quantitative estimate of drug-likeness (QED) is 0.809. The molecule has 0 aromatic heterocycles. The zero-order valence-corrected chi connectivity index (χ0v) is 11.9. The number of sulfonamides is 1. The van der Waals surface area contributed by atoms with E-state index in [1.165, 1.54) is 12.1 Å². The van der Waals surface area contributed by atoms with Crippen LogP contribution in [-0.4, -0.2) is 20.0 Å². The molecule has 0 amide bonds. The lowest BCUT2D eigenvalue weighted by Crippen LogP contribution is -2.32. The van der Waals surface area contributed by atoms with Crippen LogP contribution in [0, 0.1) is 11.7 Å². The van der Waals surface area contributed by atoms with Crippen molar-refractivity contribution in [3.8, 4) is 0 Å². The Hall–Kier alpha value is -1.05. The molecule has 0 radical (unpaired) electrons. The summed E-state index contributed by atoms with van der Waals surface area (Å²) in [6.07, 6.45) is 3.24. The number of hydrogen-bond acceptors (Lipinski definition) is 3. The summed E-state index contributed by atoms with van der Waals surface area (Å²) in [5, 5.41) is 0. The van der Waals surface area contributed by atoms with Crippen molar-refractivity contribution in [3.63, 3.8) is 0 Å². The van der Waals surface area contributed by atoms with Crippen LogP contribution < -0.4 is 10.5 Å². The lowest BCUT2D eigenvalue weighted by atomic mass is 9.86. The van der Waals surface area contributed by atoms with Crippen LogP contribution in [0.15, 0.2) is 23.1 Å². The highest BCUT2D eigenvalue weighted by Crippen LogP contribution is 2.26. The van der Waals surface area contributed by atoms with Gasteiger partial charge >= 0.3 is 0 Å². The van der Waals surface area contributed by atoms with E-state index in [-0.39, 0.29) is 15.4 Å². The Labute approximate surface area is 117 Å². The van der Waals surface area contributed by atoms with Crippen molar-refractivity contribution in [2.75, 3.05) is 6.54 Å². The standard InChI is InChI=1S/C12H15FN2O2S2/c13-11-5-4-9(6-10(11)12(14)18)19(16,17)15-7-8-2-1-3-8/h4-6,8,15H,1-3,7H2,(H2,14,18). The first kappa shape index (κ1) is 14.4. The van der Waals surface area contributed by atoms with E-state index in [1.807, 2.05) is 0 Å². The molecule has 0 bridgehead atoms. The molecule has 2 rings (SSSR count). The minimum absolute atomic E-state index is 0.0176. The van der Waals surface area contributed by atoms with Gasteiger partial charge in [0.2, 0.25) is 10.0 Å². The maximum Gasteiger partial charge on any atom is 0.240 e. The monoisotopic (exact) mass is 302 g/mol. The molecule has 0 unspecified atom stereocenters. The molecule has 0 heterocycles. The van der Waals surface area contributed by atoms with Gasteiger partial charge in [-0.25, -0.2) is 17.5 Å². The minimum Gasteiger partial charge on any atom is -0.389 e. The van der Waals surface area contributed by atoms with Crippen LogP contribution in [0.2, 0.25) is 0 Å². The van der Waals surface area contributed by atoms with Crippen LogP contribution in [0.1, 0.15) is 24.8 Å². The second kappa shape index (κ2) is 5.52. The van der Waals surface area contributed by atoms with Gasteiger partial charge in [0.05, 0.1) is 4.90 Å². The third-order valence-corrected chi connectivity index (χ3v) is 4.94. The Kier molecular flexibility index (Phi) is 4.17. The average Bonchev–Trinajstić information content (AvgIpc) is 2.26. The summed E-state index contributed by atoms with van der Waals surface area (Å²) < 4.78 is 40.0. The first-order valence-electron chi connectivity index (χ1n) is 5.99. The highest BCUT2D eigenvalue weighted by atomic mass is 32.2. The largest absolute Gasteiger partial charge is 0.389 e. The Morgan fingerprint density at radius 2 is 2.16 bits per heavy atom. The van der Waals surface area contributed by atoms with E-state index in [4.69, 9.17) is 5.73 Å². The zero-order valence-electron chi connectivity index (χ0n) is 10.2. The second-order valence-electron chi connectivity index (χ2n) is 4.65. The van der Waals surface area contributed by atoms with E-state index >= 15 is 0 Å². The third kappa shape index (κ3) is 3.29. The molecule has 4 nitrogen and oxygen atoms in total. The molecule has 1 fully saturated rings. The molecule has 7 heteroatoms. The van der Waals surface area contributed by atoms with E-state index in [0.29, 0.717) is 12.5 Å². The predicted octanol–water partition coefficient (Wildman–Crippen LogP) is 1.54. The maximum absolute atomic E-state index is 13.4. The summed E-state index contributed by atoms with van der Waals surface area (Å²) in [6, 6.07) is 3.44. The van der Waals surface area contributed by atoms with Gasteiger partial charge in [-0.2, -0.15) is 0 Å². The van der Waals surface area contributed by atoms with Gasteiger partial charge in [-0.15, -0.1) is 0 Å². The molecule has 0 aliphatic heterocycles. The van der Waals surface area contributed by atoms with E-state index in [1.54, 1.807) is 0 Å². The van der Waals surface area contributed by atoms with Gasteiger partial charge in [0.25, 0.3) is 0 Å². The topological polar surface area (TPSA) is 72.2 Å². The molecule has 0 saturated heterocycles. The Bertz CT molecular complexity index is 598. The molecule has 1 aromatic carbocycles. The predicted molar refractivity (Wildman–Crippen MR) is 74.8 cm³/mol. The number of nitrogens with one attached hydrogen (secondary N) is 1. The van der Waals surface area contributed by atoms with E-state index in [2.05, 4.69) is 16.9 Å². The van der Waals surface area contributed by atoms with Crippen molar-refractivity contribution >= 4 is 27.2 Å². The Morgan fingerprint density at radius 1 is 1.47 bits per heavy atom. The zero-order chi connectivity index (χ0) is 14.0. The first-order valence-corrected chi connectivity index (χ1v) is 7.88. The van der Waals surface area contributed by atoms with Crippen molar-refractivity contribution in [1.82, 2.24) is 4.72 Å². The smallest absolute Gasteiger partial charge is 0.240 e. The number of rotatable bonds is 5. The minimum atomic E-state index is -3.64. The maximum atomic E-state index is 13.4. The van der Waals surface area contributed by atoms with Crippen molar-refractivity contribution in [3.05, 3.63) is 29.6 Å². The fourth-order valence-electron chi connectivity index (χ4n) is 1.87. The molecule has 0 atom stereocenters. The van der Waals surface area contributed by atoms with E-state index in [9.17, 15) is 12.8 Å². The lowest BCUT2D eigenvalue weighted by Gasteiger charge is -2.25. The molecule has 0 spiro atoms. The highest BCUT2D eigenvalue weighted by Gasteiger charge is 2.22. The molecule has 1 aliphatic rings. The van der Waals surface area contributed by atoms with Crippen molar-refractivity contribution in [2.45, 2.75) is 24.2 Å². The fourth-order valence-corrected chi connectivity index (χ4v) is 3.17. The number of halogens is 1. The van der Waals surface area contributed by atoms with Crippen LogP contribution in [0.4, 0.5) is 4.39 Å². The summed E-state index contributed by atoms with van der Waals surface area (Å²) in [4.78, 5) is -0.176. The number of nitrogens with two attached hydrogens (primary N) is 1. The molecule has 3 N–H and O–H groups in total. The summed E-state index contributed by atoms with van der Waals surface area (Å²) in [5.74, 6) is -0.212. The van der Waals surface area contributed by atoms with Crippen molar-refractivity contribution in [1.29, 1.82) is 0 Å². The van der Waals surface area contributed by atoms with Crippen LogP contribution in [0.25, 0.3) is 0 Å². The van der Waals surface area contributed by atoms with Gasteiger partial charge in [-0.3, -0.25) is 0 Å². The number of thiocarbonyl (C=S) groups is 1. The highest BCUT2D eigenvalue weighted by molar-refractivity contribution is 7.89. The molecular weight excluding hydrogens is 287 g/mol. The van der Waals surface area contributed by atoms with E-state index < -0.39 is 15.8 Å². The van der Waals surface area contributed by atoms with Gasteiger partial charge in [0.1, 0.15) is 10.8 Å². The molecule has 1 aliphatic carbocycles. The Morgan fingerprint density at radius 3 is 2.68 bits per heavy atom. The van der Waals surface area contributed by atoms with Gasteiger partial charge in [-0.05, 0) is 37.0 Å². The Balaban J connectivity index is 2.19. The molecular formula is C12H15FN2O2S2. The number of hydrogen-bond donors (Lipinski definition) is 2. The molecule has 1 saturated carbocycles. The van der Waals surface area contributed by atoms with Crippen LogP contribution in [0.3, 0.4) is 0 Å². The van der Waals surface area contributed by atoms with Crippen LogP contribution >= 0.6 is 12.2 Å². The summed E-state index contributed by atoms with van der Waals surface area (Å²) >= 11 is 4.69. The van der Waals surface area contributed by atoms with Gasteiger partial charge in [0.15, 0.2) is 0 Å². The SMILES string of the molecule is NC(=S)c1cc(S(=O)(=O)NCC2CCC2)ccc1F. The van der Waals surface area contributed by atoms with Crippen molar-refractivity contribution in [2.24, 2.45) is 11.7 Å². The molecule has 19 heavy (non-hydrogen) atoms. The number of benzene rings is 1. The summed E-state index contributed by atoms with van der Waals surface area (Å²) in [6.45, 7) is 0.419. The second-order valence-corrected chi connectivity index (χ2v) is 6.86. The van der Waals surface area contributed by atoms with Crippen LogP contribution in [0.5, 0.6) is 0 Å². The first-order chi connectivity index (χ1) is 8.90. The van der Waals surface area contributed by atoms with Gasteiger partial charge < -0.3 is 5.73 Å². The average molecular weight is 302 g/mol. The summed E-state index contributed by atoms with van der Waals surface area (Å²) in [7, 11) is -3.64. The molecule has 104 valence electrons. The third-order valence-electron chi connectivity index (χ3n) is 3.30. The van der Waals surface area contributed by atoms with E-state index in [0.717, 1.165) is 25.3 Å². The summed E-state index contributed by atoms with van der Waals surface area (Å²) in [5.41, 5.74) is 5.30. The lowest BCUT2D eigenvalue weighted by molar-refractivity contribution is 0.316. The van der Waals surface area contributed by atoms with Gasteiger partial charge in [0, 0.05) is 12.1 Å². The normalized spacial score (nSPS) is 16.1.